The van der Waals surface area contributed by atoms with Crippen molar-refractivity contribution in [2.24, 2.45) is 11.8 Å². The number of aliphatic hydroxyl groups is 1. The third-order valence-electron chi connectivity index (χ3n) is 8.54. The fourth-order valence-corrected chi connectivity index (χ4v) is 5.64. The highest BCUT2D eigenvalue weighted by molar-refractivity contribution is 5.80. The lowest BCUT2D eigenvalue weighted by molar-refractivity contribution is -0.133. The lowest BCUT2D eigenvalue weighted by atomic mass is 9.76. The maximum Gasteiger partial charge on any atom is 0.223 e. The first-order valence-corrected chi connectivity index (χ1v) is 13.6. The number of anilines is 1. The Hall–Kier alpha value is -1.73. The van der Waals surface area contributed by atoms with Crippen LogP contribution < -0.4 is 10.2 Å². The van der Waals surface area contributed by atoms with E-state index in [9.17, 15) is 9.90 Å². The van der Waals surface area contributed by atoms with E-state index in [-0.39, 0.29) is 23.3 Å². The van der Waals surface area contributed by atoms with Crippen LogP contribution in [0, 0.1) is 11.8 Å². The molecule has 3 aliphatic carbocycles. The number of nitrogens with zero attached hydrogens (tertiary/aromatic N) is 4. The summed E-state index contributed by atoms with van der Waals surface area (Å²) < 4.78 is 0. The van der Waals surface area contributed by atoms with Gasteiger partial charge in [-0.3, -0.25) is 9.69 Å². The number of carbonyl (C=O) groups excluding carboxylic acids is 1. The molecule has 3 saturated carbocycles. The molecular weight excluding hydrogens is 426 g/mol. The van der Waals surface area contributed by atoms with Crippen LogP contribution in [-0.2, 0) is 10.2 Å². The molecule has 4 fully saturated rings. The quantitative estimate of drug-likeness (QED) is 0.638. The molecule has 7 nitrogen and oxygen atoms in total. The van der Waals surface area contributed by atoms with Gasteiger partial charge < -0.3 is 15.3 Å². The van der Waals surface area contributed by atoms with E-state index in [2.05, 4.69) is 42.0 Å². The number of aliphatic hydroxyl groups excluding tert-OH is 1. The summed E-state index contributed by atoms with van der Waals surface area (Å²) in [5.41, 5.74) is 1.22. The molecule has 0 unspecified atom stereocenters. The second-order valence-electron chi connectivity index (χ2n) is 12.3. The van der Waals surface area contributed by atoms with Gasteiger partial charge in [0.2, 0.25) is 5.91 Å². The summed E-state index contributed by atoms with van der Waals surface area (Å²) in [6.45, 7) is 12.0. The molecule has 0 bridgehead atoms. The molecule has 1 saturated heterocycles. The van der Waals surface area contributed by atoms with Gasteiger partial charge in [-0.2, -0.15) is 0 Å². The lowest BCUT2D eigenvalue weighted by Crippen LogP contribution is -2.51. The van der Waals surface area contributed by atoms with Crippen LogP contribution in [-0.4, -0.2) is 70.8 Å². The fraction of sp³-hybridized carbons (Fsp3) is 0.815. The van der Waals surface area contributed by atoms with Crippen LogP contribution in [0.5, 0.6) is 0 Å². The molecule has 2 N–H and O–H groups in total. The molecule has 0 spiro atoms. The molecule has 188 valence electrons. The zero-order valence-corrected chi connectivity index (χ0v) is 21.3. The smallest absolute Gasteiger partial charge is 0.223 e. The lowest BCUT2D eigenvalue weighted by Gasteiger charge is -2.40. The zero-order valence-electron chi connectivity index (χ0n) is 21.3. The van der Waals surface area contributed by atoms with Gasteiger partial charge in [-0.05, 0) is 57.4 Å². The van der Waals surface area contributed by atoms with E-state index in [0.29, 0.717) is 24.8 Å². The highest BCUT2D eigenvalue weighted by Crippen LogP contribution is 2.37. The summed E-state index contributed by atoms with van der Waals surface area (Å²) in [7, 11) is 0. The maximum absolute atomic E-state index is 12.1. The third-order valence-corrected chi connectivity index (χ3v) is 8.54. The summed E-state index contributed by atoms with van der Waals surface area (Å²) in [6, 6.07) is 2.62. The van der Waals surface area contributed by atoms with Crippen LogP contribution in [0.2, 0.25) is 0 Å². The van der Waals surface area contributed by atoms with E-state index in [4.69, 9.17) is 9.97 Å². The number of nitrogens with one attached hydrogen (secondary N) is 1. The SMILES string of the molecule is CC(C)(C)c1nc(C2CCC2)cc(N2CCN(CCC3CC(NC(=O)C4CC(O)C4)C3)CC2)n1. The van der Waals surface area contributed by atoms with E-state index in [0.717, 1.165) is 63.1 Å². The second-order valence-corrected chi connectivity index (χ2v) is 12.3. The molecule has 7 heteroatoms. The van der Waals surface area contributed by atoms with E-state index in [1.807, 2.05) is 0 Å². The minimum absolute atomic E-state index is 0.0322. The standard InChI is InChI=1S/C27H43N5O2/c1-27(2,3)26-29-23(19-5-4-6-19)17-24(30-26)32-11-9-31(10-12-32)8-7-18-13-21(14-18)28-25(34)20-15-22(33)16-20/h17-22,33H,4-16H2,1-3H3,(H,28,34). The molecule has 5 rings (SSSR count). The van der Waals surface area contributed by atoms with Gasteiger partial charge in [0.15, 0.2) is 0 Å². The minimum Gasteiger partial charge on any atom is -0.393 e. The summed E-state index contributed by atoms with van der Waals surface area (Å²) in [5, 5.41) is 12.6. The van der Waals surface area contributed by atoms with Gasteiger partial charge in [0.25, 0.3) is 0 Å². The normalized spacial score (nSPS) is 30.3. The van der Waals surface area contributed by atoms with Gasteiger partial charge in [-0.1, -0.05) is 27.2 Å². The Morgan fingerprint density at radius 2 is 1.79 bits per heavy atom. The fourth-order valence-electron chi connectivity index (χ4n) is 5.64. The first-order valence-electron chi connectivity index (χ1n) is 13.6. The first kappa shape index (κ1) is 24.0. The average molecular weight is 470 g/mol. The number of hydrogen-bond acceptors (Lipinski definition) is 6. The molecule has 0 radical (unpaired) electrons. The summed E-state index contributed by atoms with van der Waals surface area (Å²) in [5.74, 6) is 3.67. The highest BCUT2D eigenvalue weighted by atomic mass is 16.3. The van der Waals surface area contributed by atoms with Crippen LogP contribution in [0.1, 0.15) is 89.6 Å². The molecule has 4 aliphatic rings. The van der Waals surface area contributed by atoms with Crippen LogP contribution in [0.4, 0.5) is 5.82 Å². The maximum atomic E-state index is 12.1. The van der Waals surface area contributed by atoms with Crippen LogP contribution >= 0.6 is 0 Å². The number of hydrogen-bond donors (Lipinski definition) is 2. The van der Waals surface area contributed by atoms with E-state index >= 15 is 0 Å². The Labute approximate surface area is 204 Å². The van der Waals surface area contributed by atoms with Crippen molar-refractivity contribution in [2.45, 2.75) is 95.6 Å². The van der Waals surface area contributed by atoms with Crippen molar-refractivity contribution in [3.63, 3.8) is 0 Å². The largest absolute Gasteiger partial charge is 0.393 e. The van der Waals surface area contributed by atoms with Gasteiger partial charge in [0, 0.05) is 61.2 Å². The number of piperazine rings is 1. The second kappa shape index (κ2) is 9.73. The van der Waals surface area contributed by atoms with Crippen LogP contribution in [0.3, 0.4) is 0 Å². The van der Waals surface area contributed by atoms with Crippen molar-refractivity contribution in [3.8, 4) is 0 Å². The Bertz CT molecular complexity index is 860. The summed E-state index contributed by atoms with van der Waals surface area (Å²) >= 11 is 0. The van der Waals surface area contributed by atoms with Gasteiger partial charge in [0.05, 0.1) is 6.10 Å². The Kier molecular flexibility index (Phi) is 6.86. The van der Waals surface area contributed by atoms with Gasteiger partial charge in [0.1, 0.15) is 11.6 Å². The molecule has 1 aromatic heterocycles. The summed E-state index contributed by atoms with van der Waals surface area (Å²) in [4.78, 5) is 27.2. The first-order chi connectivity index (χ1) is 16.2. The van der Waals surface area contributed by atoms with Gasteiger partial charge in [-0.25, -0.2) is 9.97 Å². The van der Waals surface area contributed by atoms with Crippen LogP contribution in [0.15, 0.2) is 6.07 Å². The molecule has 1 aliphatic heterocycles. The number of amides is 1. The van der Waals surface area contributed by atoms with Crippen molar-refractivity contribution in [2.75, 3.05) is 37.6 Å². The molecule has 0 atom stereocenters. The van der Waals surface area contributed by atoms with Crippen molar-refractivity contribution < 1.29 is 9.90 Å². The van der Waals surface area contributed by atoms with Gasteiger partial charge in [-0.15, -0.1) is 0 Å². The number of aromatic nitrogens is 2. The number of rotatable bonds is 7. The van der Waals surface area contributed by atoms with E-state index in [1.165, 1.54) is 31.4 Å². The Balaban J connectivity index is 1.06. The van der Waals surface area contributed by atoms with Crippen LogP contribution in [0.25, 0.3) is 0 Å². The Morgan fingerprint density at radius 1 is 1.09 bits per heavy atom. The minimum atomic E-state index is -0.259. The highest BCUT2D eigenvalue weighted by Gasteiger charge is 2.37. The molecule has 1 amide bonds. The predicted molar refractivity (Wildman–Crippen MR) is 134 cm³/mol. The van der Waals surface area contributed by atoms with Crippen molar-refractivity contribution in [1.29, 1.82) is 0 Å². The molecular formula is C27H43N5O2. The Morgan fingerprint density at radius 3 is 2.38 bits per heavy atom. The topological polar surface area (TPSA) is 81.6 Å². The number of carbonyl (C=O) groups is 1. The molecule has 0 aromatic carbocycles. The molecule has 34 heavy (non-hydrogen) atoms. The monoisotopic (exact) mass is 469 g/mol. The van der Waals surface area contributed by atoms with Crippen molar-refractivity contribution in [1.82, 2.24) is 20.2 Å². The molecule has 2 heterocycles. The van der Waals surface area contributed by atoms with E-state index in [1.54, 1.807) is 0 Å². The van der Waals surface area contributed by atoms with Crippen molar-refractivity contribution in [3.05, 3.63) is 17.6 Å². The van der Waals surface area contributed by atoms with E-state index < -0.39 is 0 Å². The third kappa shape index (κ3) is 5.40. The summed E-state index contributed by atoms with van der Waals surface area (Å²) in [6.07, 6.45) is 8.33. The average Bonchev–Trinajstić information content (AvgIpc) is 2.71. The van der Waals surface area contributed by atoms with Gasteiger partial charge >= 0.3 is 0 Å². The van der Waals surface area contributed by atoms with Crippen molar-refractivity contribution >= 4 is 11.7 Å². The molecule has 1 aromatic rings. The zero-order chi connectivity index (χ0) is 23.9. The predicted octanol–water partition coefficient (Wildman–Crippen LogP) is 3.22.